The molecule has 1 fully saturated rings. The molecule has 0 saturated heterocycles. The van der Waals surface area contributed by atoms with Crippen molar-refractivity contribution in [2.24, 2.45) is 5.92 Å². The number of nitrogens with zero attached hydrogens (tertiary/aromatic N) is 2. The van der Waals surface area contributed by atoms with Crippen LogP contribution in [-0.4, -0.2) is 20.9 Å². The van der Waals surface area contributed by atoms with Gasteiger partial charge in [-0.1, -0.05) is 19.3 Å². The normalized spacial score (nSPS) is 19.1. The van der Waals surface area contributed by atoms with E-state index >= 15 is 0 Å². The average Bonchev–Trinajstić information content (AvgIpc) is 2.77. The van der Waals surface area contributed by atoms with E-state index < -0.39 is 11.9 Å². The Morgan fingerprint density at radius 3 is 2.88 bits per heavy atom. The zero-order valence-corrected chi connectivity index (χ0v) is 10.3. The maximum atomic E-state index is 11.0. The molecule has 0 amide bonds. The SMILES string of the molecule is CC(C(=O)O)c1ccnn1CC1CCCCC1. The lowest BCUT2D eigenvalue weighted by molar-refractivity contribution is -0.138. The van der Waals surface area contributed by atoms with Crippen LogP contribution in [0.25, 0.3) is 0 Å². The van der Waals surface area contributed by atoms with Crippen molar-refractivity contribution in [1.82, 2.24) is 9.78 Å². The van der Waals surface area contributed by atoms with Gasteiger partial charge in [-0.3, -0.25) is 9.48 Å². The summed E-state index contributed by atoms with van der Waals surface area (Å²) in [6, 6.07) is 1.82. The van der Waals surface area contributed by atoms with Crippen LogP contribution in [0.2, 0.25) is 0 Å². The van der Waals surface area contributed by atoms with Gasteiger partial charge in [0, 0.05) is 12.7 Å². The summed E-state index contributed by atoms with van der Waals surface area (Å²) in [5, 5.41) is 13.3. The molecule has 1 N–H and O–H groups in total. The van der Waals surface area contributed by atoms with Gasteiger partial charge in [0.15, 0.2) is 0 Å². The van der Waals surface area contributed by atoms with Crippen LogP contribution < -0.4 is 0 Å². The van der Waals surface area contributed by atoms with Crippen molar-refractivity contribution in [3.8, 4) is 0 Å². The van der Waals surface area contributed by atoms with Gasteiger partial charge in [-0.15, -0.1) is 0 Å². The van der Waals surface area contributed by atoms with E-state index in [1.54, 1.807) is 13.1 Å². The number of hydrogen-bond donors (Lipinski definition) is 1. The summed E-state index contributed by atoms with van der Waals surface area (Å²) >= 11 is 0. The van der Waals surface area contributed by atoms with Crippen molar-refractivity contribution in [1.29, 1.82) is 0 Å². The van der Waals surface area contributed by atoms with Crippen molar-refractivity contribution in [3.05, 3.63) is 18.0 Å². The molecule has 0 radical (unpaired) electrons. The molecule has 94 valence electrons. The molecule has 4 nitrogen and oxygen atoms in total. The number of hydrogen-bond acceptors (Lipinski definition) is 2. The van der Waals surface area contributed by atoms with Crippen LogP contribution in [0.3, 0.4) is 0 Å². The van der Waals surface area contributed by atoms with Crippen LogP contribution in [0, 0.1) is 5.92 Å². The molecule has 17 heavy (non-hydrogen) atoms. The summed E-state index contributed by atoms with van der Waals surface area (Å²) in [4.78, 5) is 11.0. The molecule has 0 spiro atoms. The lowest BCUT2D eigenvalue weighted by Crippen LogP contribution is -2.19. The van der Waals surface area contributed by atoms with Crippen LogP contribution in [0.1, 0.15) is 50.6 Å². The van der Waals surface area contributed by atoms with Crippen molar-refractivity contribution in [2.75, 3.05) is 0 Å². The lowest BCUT2D eigenvalue weighted by Gasteiger charge is -2.22. The zero-order valence-electron chi connectivity index (χ0n) is 10.3. The first-order valence-corrected chi connectivity index (χ1v) is 6.43. The second-order valence-corrected chi connectivity index (χ2v) is 5.00. The van der Waals surface area contributed by atoms with E-state index in [1.165, 1.54) is 32.1 Å². The first-order chi connectivity index (χ1) is 8.18. The van der Waals surface area contributed by atoms with E-state index in [9.17, 15) is 4.79 Å². The largest absolute Gasteiger partial charge is 0.481 e. The van der Waals surface area contributed by atoms with Crippen molar-refractivity contribution < 1.29 is 9.90 Å². The van der Waals surface area contributed by atoms with Gasteiger partial charge in [-0.05, 0) is 31.7 Å². The predicted octanol–water partition coefficient (Wildman–Crippen LogP) is 2.65. The Bertz CT molecular complexity index is 381. The first-order valence-electron chi connectivity index (χ1n) is 6.43. The highest BCUT2D eigenvalue weighted by Gasteiger charge is 2.21. The predicted molar refractivity (Wildman–Crippen MR) is 64.9 cm³/mol. The third-order valence-corrected chi connectivity index (χ3v) is 3.72. The summed E-state index contributed by atoms with van der Waals surface area (Å²) < 4.78 is 1.88. The monoisotopic (exact) mass is 236 g/mol. The molecule has 4 heteroatoms. The minimum Gasteiger partial charge on any atom is -0.481 e. The summed E-state index contributed by atoms with van der Waals surface area (Å²) in [5.74, 6) is -0.583. The van der Waals surface area contributed by atoms with Crippen LogP contribution in [0.15, 0.2) is 12.3 Å². The van der Waals surface area contributed by atoms with Crippen molar-refractivity contribution in [3.63, 3.8) is 0 Å². The average molecular weight is 236 g/mol. The molecule has 1 aliphatic rings. The van der Waals surface area contributed by atoms with Crippen LogP contribution >= 0.6 is 0 Å². The smallest absolute Gasteiger partial charge is 0.312 e. The molecule has 0 bridgehead atoms. The van der Waals surface area contributed by atoms with E-state index in [1.807, 2.05) is 10.7 Å². The molecule has 1 aromatic rings. The number of carboxylic acids is 1. The Labute approximate surface area is 102 Å². The molecule has 1 unspecified atom stereocenters. The first kappa shape index (κ1) is 12.1. The Hall–Kier alpha value is -1.32. The second kappa shape index (κ2) is 5.34. The molecule has 0 aliphatic heterocycles. The highest BCUT2D eigenvalue weighted by molar-refractivity contribution is 5.74. The lowest BCUT2D eigenvalue weighted by atomic mass is 9.89. The van der Waals surface area contributed by atoms with Gasteiger partial charge in [-0.2, -0.15) is 5.10 Å². The Morgan fingerprint density at radius 2 is 2.24 bits per heavy atom. The molecular weight excluding hydrogens is 216 g/mol. The van der Waals surface area contributed by atoms with Gasteiger partial charge >= 0.3 is 5.97 Å². The van der Waals surface area contributed by atoms with Crippen molar-refractivity contribution in [2.45, 2.75) is 51.5 Å². The van der Waals surface area contributed by atoms with Gasteiger partial charge in [0.25, 0.3) is 0 Å². The number of aromatic nitrogens is 2. The minimum atomic E-state index is -0.782. The third kappa shape index (κ3) is 2.87. The summed E-state index contributed by atoms with van der Waals surface area (Å²) in [6.07, 6.45) is 8.15. The van der Waals surface area contributed by atoms with Gasteiger partial charge in [0.05, 0.1) is 11.6 Å². The minimum absolute atomic E-state index is 0.471. The standard InChI is InChI=1S/C13H20N2O2/c1-10(13(16)17)12-7-8-14-15(12)9-11-5-3-2-4-6-11/h7-8,10-11H,2-6,9H2,1H3,(H,16,17). The van der Waals surface area contributed by atoms with Gasteiger partial charge in [0.1, 0.15) is 0 Å². The summed E-state index contributed by atoms with van der Waals surface area (Å²) in [6.45, 7) is 2.59. The molecule has 2 rings (SSSR count). The van der Waals surface area contributed by atoms with E-state index in [0.29, 0.717) is 5.92 Å². The molecule has 1 aliphatic carbocycles. The molecule has 1 aromatic heterocycles. The Balaban J connectivity index is 2.05. The van der Waals surface area contributed by atoms with E-state index in [4.69, 9.17) is 5.11 Å². The maximum Gasteiger partial charge on any atom is 0.312 e. The van der Waals surface area contributed by atoms with Gasteiger partial charge in [0.2, 0.25) is 0 Å². The molecule has 1 atom stereocenters. The quantitative estimate of drug-likeness (QED) is 0.874. The highest BCUT2D eigenvalue weighted by Crippen LogP contribution is 2.26. The Morgan fingerprint density at radius 1 is 1.53 bits per heavy atom. The van der Waals surface area contributed by atoms with E-state index in [-0.39, 0.29) is 0 Å². The number of carbonyl (C=O) groups is 1. The second-order valence-electron chi connectivity index (χ2n) is 5.00. The van der Waals surface area contributed by atoms with Crippen LogP contribution in [-0.2, 0) is 11.3 Å². The fraction of sp³-hybridized carbons (Fsp3) is 0.692. The Kier molecular flexibility index (Phi) is 3.82. The molecule has 0 aromatic carbocycles. The third-order valence-electron chi connectivity index (χ3n) is 3.72. The van der Waals surface area contributed by atoms with Crippen LogP contribution in [0.4, 0.5) is 0 Å². The number of aliphatic carboxylic acids is 1. The van der Waals surface area contributed by atoms with Gasteiger partial charge in [-0.25, -0.2) is 0 Å². The number of carboxylic acid groups (broad SMARTS) is 1. The topological polar surface area (TPSA) is 55.1 Å². The summed E-state index contributed by atoms with van der Waals surface area (Å²) in [7, 11) is 0. The van der Waals surface area contributed by atoms with Crippen molar-refractivity contribution >= 4 is 5.97 Å². The molecular formula is C13H20N2O2. The van der Waals surface area contributed by atoms with E-state index in [2.05, 4.69) is 5.10 Å². The number of rotatable bonds is 4. The highest BCUT2D eigenvalue weighted by atomic mass is 16.4. The van der Waals surface area contributed by atoms with E-state index in [0.717, 1.165) is 12.2 Å². The van der Waals surface area contributed by atoms with Gasteiger partial charge < -0.3 is 5.11 Å². The fourth-order valence-electron chi connectivity index (χ4n) is 2.60. The summed E-state index contributed by atoms with van der Waals surface area (Å²) in [5.41, 5.74) is 0.822. The maximum absolute atomic E-state index is 11.0. The molecule has 1 heterocycles. The zero-order chi connectivity index (χ0) is 12.3. The molecule has 1 saturated carbocycles. The van der Waals surface area contributed by atoms with Crippen LogP contribution in [0.5, 0.6) is 0 Å². The fourth-order valence-corrected chi connectivity index (χ4v) is 2.60.